The predicted octanol–water partition coefficient (Wildman–Crippen LogP) is 1.16. The van der Waals surface area contributed by atoms with Crippen LogP contribution in [0.4, 0.5) is 0 Å². The smallest absolute Gasteiger partial charge is 0.0602 e. The molecule has 0 bridgehead atoms. The molecule has 0 aromatic heterocycles. The molecule has 1 unspecified atom stereocenters. The minimum Gasteiger partial charge on any atom is -0.392 e. The molecule has 0 aliphatic heterocycles. The fourth-order valence-electron chi connectivity index (χ4n) is 1.14. The van der Waals surface area contributed by atoms with Crippen molar-refractivity contribution in [1.82, 2.24) is 0 Å². The van der Waals surface area contributed by atoms with Gasteiger partial charge in [0.2, 0.25) is 0 Å². The van der Waals surface area contributed by atoms with Crippen LogP contribution in [-0.4, -0.2) is 16.9 Å². The summed E-state index contributed by atoms with van der Waals surface area (Å²) in [5.74, 6) is 0. The maximum atomic E-state index is 9.16. The van der Waals surface area contributed by atoms with Gasteiger partial charge in [0.15, 0.2) is 0 Å². The second-order valence-electron chi connectivity index (χ2n) is 2.52. The van der Waals surface area contributed by atoms with E-state index in [2.05, 4.69) is 9.24 Å². The van der Waals surface area contributed by atoms with Crippen molar-refractivity contribution in [2.75, 3.05) is 0 Å². The summed E-state index contributed by atoms with van der Waals surface area (Å²) >= 11 is 0. The summed E-state index contributed by atoms with van der Waals surface area (Å²) in [7, 11) is 2.70. The van der Waals surface area contributed by atoms with Crippen molar-refractivity contribution in [1.29, 1.82) is 0 Å². The van der Waals surface area contributed by atoms with E-state index < -0.39 is 0 Å². The largest absolute Gasteiger partial charge is 0.392 e. The van der Waals surface area contributed by atoms with E-state index in [-0.39, 0.29) is 6.10 Å². The molecule has 0 aromatic rings. The second kappa shape index (κ2) is 2.80. The van der Waals surface area contributed by atoms with Crippen LogP contribution in [-0.2, 0) is 0 Å². The van der Waals surface area contributed by atoms with E-state index in [4.69, 9.17) is 5.11 Å². The Hall–Kier alpha value is 0.390. The quantitative estimate of drug-likeness (QED) is 0.490. The topological polar surface area (TPSA) is 20.2 Å². The van der Waals surface area contributed by atoms with Crippen molar-refractivity contribution in [3.8, 4) is 0 Å². The zero-order valence-electron chi connectivity index (χ0n) is 5.01. The van der Waals surface area contributed by atoms with Crippen molar-refractivity contribution in [3.05, 3.63) is 0 Å². The highest BCUT2D eigenvalue weighted by Gasteiger charge is 2.17. The molecule has 8 heavy (non-hydrogen) atoms. The van der Waals surface area contributed by atoms with Crippen LogP contribution < -0.4 is 0 Å². The third kappa shape index (κ3) is 1.43. The van der Waals surface area contributed by atoms with Crippen molar-refractivity contribution >= 4 is 9.24 Å². The number of aliphatic hydroxyl groups is 1. The predicted molar refractivity (Wildman–Crippen MR) is 38.0 cm³/mol. The lowest BCUT2D eigenvalue weighted by molar-refractivity contribution is 0.136. The molecule has 48 valence electrons. The fraction of sp³-hybridized carbons (Fsp3) is 1.00. The number of rotatable bonds is 0. The number of aliphatic hydroxyl groups excluding tert-OH is 1. The first kappa shape index (κ1) is 6.51. The molecule has 1 aliphatic rings. The lowest BCUT2D eigenvalue weighted by Crippen LogP contribution is -2.23. The first-order chi connectivity index (χ1) is 3.80. The van der Waals surface area contributed by atoms with Gasteiger partial charge in [-0.3, -0.25) is 0 Å². The van der Waals surface area contributed by atoms with E-state index in [1.807, 2.05) is 0 Å². The Morgan fingerprint density at radius 1 is 1.25 bits per heavy atom. The van der Waals surface area contributed by atoms with Gasteiger partial charge in [-0.2, -0.15) is 0 Å². The zero-order valence-corrected chi connectivity index (χ0v) is 6.16. The number of hydrogen-bond donors (Lipinski definition) is 1. The molecular weight excluding hydrogens is 119 g/mol. The summed E-state index contributed by atoms with van der Waals surface area (Å²) in [6, 6.07) is 0. The summed E-state index contributed by atoms with van der Waals surface area (Å²) in [5, 5.41) is 9.16. The van der Waals surface area contributed by atoms with Gasteiger partial charge >= 0.3 is 0 Å². The molecule has 3 atom stereocenters. The first-order valence-electron chi connectivity index (χ1n) is 3.24. The molecule has 0 saturated heterocycles. The van der Waals surface area contributed by atoms with Gasteiger partial charge in [0, 0.05) is 0 Å². The minimum atomic E-state index is -0.0336. The molecule has 0 radical (unpaired) electrons. The highest BCUT2D eigenvalue weighted by Crippen LogP contribution is 2.23. The minimum absolute atomic E-state index is 0.0336. The third-order valence-electron chi connectivity index (χ3n) is 1.78. The molecule has 0 amide bonds. The van der Waals surface area contributed by atoms with Crippen molar-refractivity contribution < 1.29 is 5.11 Å². The van der Waals surface area contributed by atoms with E-state index >= 15 is 0 Å². The Bertz CT molecular complexity index is 64.9. The van der Waals surface area contributed by atoms with Gasteiger partial charge in [-0.05, 0) is 18.5 Å². The Morgan fingerprint density at radius 3 is 2.25 bits per heavy atom. The third-order valence-corrected chi connectivity index (χ3v) is 2.56. The maximum absolute atomic E-state index is 9.16. The van der Waals surface area contributed by atoms with E-state index in [0.29, 0.717) is 5.66 Å². The Balaban J connectivity index is 2.28. The van der Waals surface area contributed by atoms with E-state index in [1.54, 1.807) is 0 Å². The molecule has 1 nitrogen and oxygen atoms in total. The van der Waals surface area contributed by atoms with Gasteiger partial charge < -0.3 is 5.11 Å². The molecule has 0 aromatic carbocycles. The summed E-state index contributed by atoms with van der Waals surface area (Å²) in [6.45, 7) is 0. The van der Waals surface area contributed by atoms with Crippen LogP contribution in [0.2, 0.25) is 0 Å². The average Bonchev–Trinajstić information content (AvgIpc) is 1.77. The van der Waals surface area contributed by atoms with E-state index in [9.17, 15) is 0 Å². The maximum Gasteiger partial charge on any atom is 0.0602 e. The highest BCUT2D eigenvalue weighted by molar-refractivity contribution is 7.17. The molecule has 2 heteroatoms. The van der Waals surface area contributed by atoms with Gasteiger partial charge in [-0.15, -0.1) is 9.24 Å². The van der Waals surface area contributed by atoms with Crippen molar-refractivity contribution in [2.45, 2.75) is 37.4 Å². The normalized spacial score (nSPS) is 39.8. The average molecular weight is 132 g/mol. The standard InChI is InChI=1S/C6H13OP/c7-5-3-1-2-4-6(5)8/h5-7H,1-4,8H2/t5-,6-/m1/s1. The molecule has 1 aliphatic carbocycles. The van der Waals surface area contributed by atoms with Gasteiger partial charge in [-0.25, -0.2) is 0 Å². The molecule has 1 fully saturated rings. The summed E-state index contributed by atoms with van der Waals surface area (Å²) < 4.78 is 0. The summed E-state index contributed by atoms with van der Waals surface area (Å²) in [6.07, 6.45) is 4.67. The number of hydrogen-bond acceptors (Lipinski definition) is 1. The monoisotopic (exact) mass is 132 g/mol. The van der Waals surface area contributed by atoms with Gasteiger partial charge in [0.05, 0.1) is 6.10 Å². The first-order valence-corrected chi connectivity index (χ1v) is 3.91. The molecular formula is C6H13OP. The second-order valence-corrected chi connectivity index (χ2v) is 3.37. The van der Waals surface area contributed by atoms with Crippen LogP contribution in [0.3, 0.4) is 0 Å². The highest BCUT2D eigenvalue weighted by atomic mass is 31.0. The van der Waals surface area contributed by atoms with Crippen LogP contribution in [0.15, 0.2) is 0 Å². The van der Waals surface area contributed by atoms with Gasteiger partial charge in [-0.1, -0.05) is 12.8 Å². The van der Waals surface area contributed by atoms with Crippen LogP contribution in [0, 0.1) is 0 Å². The van der Waals surface area contributed by atoms with Crippen LogP contribution in [0.1, 0.15) is 25.7 Å². The summed E-state index contributed by atoms with van der Waals surface area (Å²) in [4.78, 5) is 0. The van der Waals surface area contributed by atoms with Crippen molar-refractivity contribution in [3.63, 3.8) is 0 Å². The molecule has 1 rings (SSSR count). The summed E-state index contributed by atoms with van der Waals surface area (Å²) in [5.41, 5.74) is 0.476. The van der Waals surface area contributed by atoms with Crippen LogP contribution >= 0.6 is 9.24 Å². The Kier molecular flexibility index (Phi) is 2.27. The van der Waals surface area contributed by atoms with E-state index in [1.165, 1.54) is 19.3 Å². The van der Waals surface area contributed by atoms with E-state index in [0.717, 1.165) is 6.42 Å². The van der Waals surface area contributed by atoms with Gasteiger partial charge in [0.25, 0.3) is 0 Å². The molecule has 1 N–H and O–H groups in total. The lowest BCUT2D eigenvalue weighted by atomic mass is 9.97. The Labute approximate surface area is 52.7 Å². The lowest BCUT2D eigenvalue weighted by Gasteiger charge is -2.23. The Morgan fingerprint density at radius 2 is 1.88 bits per heavy atom. The SMILES string of the molecule is O[C@@H]1CCCC[C@H]1P. The molecule has 0 heterocycles. The van der Waals surface area contributed by atoms with Crippen LogP contribution in [0.25, 0.3) is 0 Å². The van der Waals surface area contributed by atoms with Crippen LogP contribution in [0.5, 0.6) is 0 Å². The zero-order chi connectivity index (χ0) is 5.98. The fourth-order valence-corrected chi connectivity index (χ4v) is 1.57. The molecule has 0 spiro atoms. The molecule has 1 saturated carbocycles. The van der Waals surface area contributed by atoms with Crippen molar-refractivity contribution in [2.24, 2.45) is 0 Å². The van der Waals surface area contributed by atoms with Gasteiger partial charge in [0.1, 0.15) is 0 Å².